The van der Waals surface area contributed by atoms with Gasteiger partial charge in [0.15, 0.2) is 0 Å². The van der Waals surface area contributed by atoms with E-state index in [1.165, 1.54) is 29.8 Å². The fourth-order valence-electron chi connectivity index (χ4n) is 2.41. The lowest BCUT2D eigenvalue weighted by molar-refractivity contribution is 0.347. The lowest BCUT2D eigenvalue weighted by Crippen LogP contribution is -2.09. The van der Waals surface area contributed by atoms with E-state index in [-0.39, 0.29) is 0 Å². The molecule has 1 aromatic rings. The van der Waals surface area contributed by atoms with Crippen LogP contribution in [0.25, 0.3) is 0 Å². The Hall–Kier alpha value is -0.790. The summed E-state index contributed by atoms with van der Waals surface area (Å²) in [6.07, 6.45) is 3.62. The zero-order chi connectivity index (χ0) is 13.9. The summed E-state index contributed by atoms with van der Waals surface area (Å²) in [5.41, 5.74) is 4.48. The first-order valence-corrected chi connectivity index (χ1v) is 7.23. The molecule has 0 saturated carbocycles. The second kappa shape index (κ2) is 5.90. The number of hydrogen-bond acceptors (Lipinski definition) is 1. The van der Waals surface area contributed by atoms with Gasteiger partial charge in [-0.15, -0.1) is 0 Å². The molecule has 104 valence electrons. The van der Waals surface area contributed by atoms with Crippen LogP contribution >= 0.6 is 0 Å². The molecular formula is C16H30N2. The van der Waals surface area contributed by atoms with E-state index in [4.69, 9.17) is 5.10 Å². The zero-order valence-electron chi connectivity index (χ0n) is 13.3. The van der Waals surface area contributed by atoms with Gasteiger partial charge in [-0.25, -0.2) is 0 Å². The van der Waals surface area contributed by atoms with Gasteiger partial charge < -0.3 is 0 Å². The molecule has 0 radical (unpaired) electrons. The minimum atomic E-state index is 0.427. The van der Waals surface area contributed by atoms with Crippen molar-refractivity contribution in [3.8, 4) is 0 Å². The van der Waals surface area contributed by atoms with Crippen LogP contribution in [0.3, 0.4) is 0 Å². The minimum Gasteiger partial charge on any atom is -0.269 e. The van der Waals surface area contributed by atoms with Crippen molar-refractivity contribution in [3.05, 3.63) is 17.0 Å². The molecule has 0 aliphatic carbocycles. The average Bonchev–Trinajstić information content (AvgIpc) is 2.43. The Kier molecular flexibility index (Phi) is 5.01. The van der Waals surface area contributed by atoms with Gasteiger partial charge in [-0.1, -0.05) is 34.6 Å². The highest BCUT2D eigenvalue weighted by Gasteiger charge is 2.14. The summed E-state index contributed by atoms with van der Waals surface area (Å²) in [4.78, 5) is 0. The molecule has 0 aliphatic heterocycles. The van der Waals surface area contributed by atoms with Gasteiger partial charge in [0.25, 0.3) is 0 Å². The first-order chi connectivity index (χ1) is 8.20. The molecule has 1 heterocycles. The summed E-state index contributed by atoms with van der Waals surface area (Å²) >= 11 is 0. The lowest BCUT2D eigenvalue weighted by Gasteiger charge is -2.17. The van der Waals surface area contributed by atoms with Crippen molar-refractivity contribution in [2.24, 2.45) is 11.3 Å². The van der Waals surface area contributed by atoms with Gasteiger partial charge in [0.05, 0.1) is 5.69 Å². The normalized spacial score (nSPS) is 12.4. The summed E-state index contributed by atoms with van der Waals surface area (Å²) in [7, 11) is 0. The summed E-state index contributed by atoms with van der Waals surface area (Å²) in [5, 5.41) is 4.70. The van der Waals surface area contributed by atoms with Gasteiger partial charge in [-0.2, -0.15) is 5.10 Å². The van der Waals surface area contributed by atoms with Crippen LogP contribution in [0.1, 0.15) is 64.4 Å². The van der Waals surface area contributed by atoms with Crippen LogP contribution in [0.15, 0.2) is 0 Å². The predicted molar refractivity (Wildman–Crippen MR) is 78.9 cm³/mol. The van der Waals surface area contributed by atoms with Crippen LogP contribution in [0, 0.1) is 25.2 Å². The van der Waals surface area contributed by atoms with E-state index in [0.29, 0.717) is 11.3 Å². The third kappa shape index (κ3) is 4.47. The van der Waals surface area contributed by atoms with Gasteiger partial charge >= 0.3 is 0 Å². The fourth-order valence-corrected chi connectivity index (χ4v) is 2.41. The third-order valence-electron chi connectivity index (χ3n) is 3.44. The van der Waals surface area contributed by atoms with Crippen molar-refractivity contribution in [1.29, 1.82) is 0 Å². The number of hydrogen-bond donors (Lipinski definition) is 0. The molecule has 0 N–H and O–H groups in total. The molecule has 2 nitrogen and oxygen atoms in total. The Balaban J connectivity index is 2.67. The molecule has 0 amide bonds. The third-order valence-corrected chi connectivity index (χ3v) is 3.44. The molecule has 2 heteroatoms. The van der Waals surface area contributed by atoms with Crippen LogP contribution < -0.4 is 0 Å². The number of nitrogens with zero attached hydrogens (tertiary/aromatic N) is 2. The molecule has 0 aromatic carbocycles. The maximum Gasteiger partial charge on any atom is 0.0628 e. The molecule has 0 atom stereocenters. The second-order valence-corrected chi connectivity index (χ2v) is 7.13. The smallest absolute Gasteiger partial charge is 0.0628 e. The largest absolute Gasteiger partial charge is 0.269 e. The van der Waals surface area contributed by atoms with Crippen molar-refractivity contribution in [1.82, 2.24) is 9.78 Å². The van der Waals surface area contributed by atoms with E-state index in [1.54, 1.807) is 0 Å². The van der Waals surface area contributed by atoms with Gasteiger partial charge in [-0.05, 0) is 50.0 Å². The molecular weight excluding hydrogens is 220 g/mol. The monoisotopic (exact) mass is 250 g/mol. The lowest BCUT2D eigenvalue weighted by atomic mass is 9.91. The van der Waals surface area contributed by atoms with Crippen LogP contribution in [-0.2, 0) is 13.0 Å². The van der Waals surface area contributed by atoms with E-state index in [1.807, 2.05) is 0 Å². The minimum absolute atomic E-state index is 0.427. The fraction of sp³-hybridized carbons (Fsp3) is 0.812. The summed E-state index contributed by atoms with van der Waals surface area (Å²) in [6, 6.07) is 0. The molecule has 1 rings (SSSR count). The summed E-state index contributed by atoms with van der Waals surface area (Å²) in [6.45, 7) is 16.9. The molecule has 1 aromatic heterocycles. The van der Waals surface area contributed by atoms with Gasteiger partial charge in [0.1, 0.15) is 0 Å². The van der Waals surface area contributed by atoms with Crippen molar-refractivity contribution >= 4 is 0 Å². The van der Waals surface area contributed by atoms with Crippen molar-refractivity contribution in [2.45, 2.75) is 74.3 Å². The number of aryl methyl sites for hydroxylation is 2. The average molecular weight is 250 g/mol. The Morgan fingerprint density at radius 3 is 2.28 bits per heavy atom. The molecule has 18 heavy (non-hydrogen) atoms. The van der Waals surface area contributed by atoms with Crippen molar-refractivity contribution in [2.75, 3.05) is 0 Å². The molecule has 0 aliphatic rings. The Bertz CT molecular complexity index is 381. The highest BCUT2D eigenvalue weighted by atomic mass is 15.3. The summed E-state index contributed by atoms with van der Waals surface area (Å²) in [5.74, 6) is 0.703. The van der Waals surface area contributed by atoms with Gasteiger partial charge in [0, 0.05) is 12.2 Å². The first kappa shape index (κ1) is 15.3. The topological polar surface area (TPSA) is 17.8 Å². The standard InChI is InChI=1S/C16H30N2/c1-12(2)11-15-13(3)17-18(14(15)4)10-8-9-16(5,6)7/h12H,8-11H2,1-7H3. The van der Waals surface area contributed by atoms with E-state index in [0.717, 1.165) is 13.0 Å². The van der Waals surface area contributed by atoms with Gasteiger partial charge in [0.2, 0.25) is 0 Å². The van der Waals surface area contributed by atoms with Crippen LogP contribution in [0.5, 0.6) is 0 Å². The van der Waals surface area contributed by atoms with Crippen LogP contribution in [-0.4, -0.2) is 9.78 Å². The zero-order valence-corrected chi connectivity index (χ0v) is 13.3. The number of aromatic nitrogens is 2. The maximum absolute atomic E-state index is 4.70. The van der Waals surface area contributed by atoms with Gasteiger partial charge in [-0.3, -0.25) is 4.68 Å². The van der Waals surface area contributed by atoms with Crippen molar-refractivity contribution < 1.29 is 0 Å². The van der Waals surface area contributed by atoms with Crippen molar-refractivity contribution in [3.63, 3.8) is 0 Å². The van der Waals surface area contributed by atoms with E-state index in [9.17, 15) is 0 Å². The molecule has 0 bridgehead atoms. The molecule has 0 unspecified atom stereocenters. The quantitative estimate of drug-likeness (QED) is 0.751. The number of rotatable bonds is 5. The first-order valence-electron chi connectivity index (χ1n) is 7.23. The van der Waals surface area contributed by atoms with Crippen LogP contribution in [0.2, 0.25) is 0 Å². The highest BCUT2D eigenvalue weighted by Crippen LogP contribution is 2.22. The summed E-state index contributed by atoms with van der Waals surface area (Å²) < 4.78 is 2.21. The molecule has 0 saturated heterocycles. The van der Waals surface area contributed by atoms with E-state index >= 15 is 0 Å². The maximum atomic E-state index is 4.70. The highest BCUT2D eigenvalue weighted by molar-refractivity contribution is 5.24. The Morgan fingerprint density at radius 2 is 1.78 bits per heavy atom. The second-order valence-electron chi connectivity index (χ2n) is 7.13. The van der Waals surface area contributed by atoms with E-state index < -0.39 is 0 Å². The molecule has 0 fully saturated rings. The van der Waals surface area contributed by atoms with E-state index in [2.05, 4.69) is 53.1 Å². The Labute approximate surface area is 113 Å². The SMILES string of the molecule is Cc1nn(CCCC(C)(C)C)c(C)c1CC(C)C. The van der Waals surface area contributed by atoms with Crippen LogP contribution in [0.4, 0.5) is 0 Å². The Morgan fingerprint density at radius 1 is 1.17 bits per heavy atom. The predicted octanol–water partition coefficient (Wildman–Crippen LogP) is 4.52. The molecule has 0 spiro atoms.